The molecule has 0 bridgehead atoms. The van der Waals surface area contributed by atoms with Gasteiger partial charge in [0.05, 0.1) is 10.7 Å². The summed E-state index contributed by atoms with van der Waals surface area (Å²) in [5.74, 6) is 1.20. The van der Waals surface area contributed by atoms with Gasteiger partial charge in [-0.25, -0.2) is 4.98 Å². The van der Waals surface area contributed by atoms with Crippen LogP contribution >= 0.6 is 11.3 Å². The molecule has 2 unspecified atom stereocenters. The summed E-state index contributed by atoms with van der Waals surface area (Å²) in [6.45, 7) is 5.57. The standard InChI is InChI=1S/C16H25N3OS/c1-10-7-12(8-17)9-19(10)16(20)14-11(2)18-15(21-14)13-5-3-4-6-13/h10,12-13H,3-9,17H2,1-2H3. The summed E-state index contributed by atoms with van der Waals surface area (Å²) in [5, 5.41) is 1.18. The number of hydrogen-bond donors (Lipinski definition) is 1. The van der Waals surface area contributed by atoms with E-state index in [0.29, 0.717) is 24.4 Å². The van der Waals surface area contributed by atoms with Gasteiger partial charge in [-0.05, 0) is 45.6 Å². The fraction of sp³-hybridized carbons (Fsp3) is 0.750. The van der Waals surface area contributed by atoms with E-state index in [-0.39, 0.29) is 5.91 Å². The van der Waals surface area contributed by atoms with Crippen molar-refractivity contribution in [2.24, 2.45) is 11.7 Å². The highest BCUT2D eigenvalue weighted by Crippen LogP contribution is 2.38. The molecule has 0 radical (unpaired) electrons. The van der Waals surface area contributed by atoms with Crippen LogP contribution < -0.4 is 5.73 Å². The first-order chi connectivity index (χ1) is 10.1. The molecule has 2 heterocycles. The van der Waals surface area contributed by atoms with E-state index in [1.807, 2.05) is 11.8 Å². The second-order valence-electron chi connectivity index (χ2n) is 6.59. The van der Waals surface area contributed by atoms with Crippen LogP contribution in [0.3, 0.4) is 0 Å². The molecule has 1 aromatic heterocycles. The van der Waals surface area contributed by atoms with Crippen molar-refractivity contribution < 1.29 is 4.79 Å². The van der Waals surface area contributed by atoms with Crippen LogP contribution in [0.5, 0.6) is 0 Å². The predicted octanol–water partition coefficient (Wildman–Crippen LogP) is 2.92. The highest BCUT2D eigenvalue weighted by Gasteiger charge is 2.34. The van der Waals surface area contributed by atoms with Crippen LogP contribution in [0.1, 0.15) is 65.3 Å². The van der Waals surface area contributed by atoms with Gasteiger partial charge in [0.25, 0.3) is 5.91 Å². The quantitative estimate of drug-likeness (QED) is 0.934. The van der Waals surface area contributed by atoms with Crippen molar-refractivity contribution in [3.63, 3.8) is 0 Å². The summed E-state index contributed by atoms with van der Waals surface area (Å²) in [7, 11) is 0. The van der Waals surface area contributed by atoms with E-state index in [4.69, 9.17) is 10.7 Å². The molecule has 0 aromatic carbocycles. The lowest BCUT2D eigenvalue weighted by atomic mass is 10.1. The summed E-state index contributed by atoms with van der Waals surface area (Å²) < 4.78 is 0. The van der Waals surface area contributed by atoms with Crippen LogP contribution in [0.4, 0.5) is 0 Å². The minimum atomic E-state index is 0.165. The minimum Gasteiger partial charge on any atom is -0.335 e. The molecule has 2 atom stereocenters. The van der Waals surface area contributed by atoms with E-state index in [2.05, 4.69) is 6.92 Å². The zero-order valence-corrected chi connectivity index (χ0v) is 13.8. The molecule has 1 amide bonds. The van der Waals surface area contributed by atoms with Gasteiger partial charge in [-0.2, -0.15) is 0 Å². The van der Waals surface area contributed by atoms with Gasteiger partial charge in [-0.1, -0.05) is 12.8 Å². The third-order valence-corrected chi connectivity index (χ3v) is 6.28. The topological polar surface area (TPSA) is 59.2 Å². The molecule has 3 rings (SSSR count). The monoisotopic (exact) mass is 307 g/mol. The molecule has 4 nitrogen and oxygen atoms in total. The Balaban J connectivity index is 1.78. The van der Waals surface area contributed by atoms with Gasteiger partial charge in [0.1, 0.15) is 4.88 Å². The Morgan fingerprint density at radius 3 is 2.76 bits per heavy atom. The maximum Gasteiger partial charge on any atom is 0.266 e. The predicted molar refractivity (Wildman–Crippen MR) is 85.7 cm³/mol. The average molecular weight is 307 g/mol. The van der Waals surface area contributed by atoms with Crippen LogP contribution in [0.15, 0.2) is 0 Å². The molecule has 2 N–H and O–H groups in total. The van der Waals surface area contributed by atoms with E-state index in [0.717, 1.165) is 23.5 Å². The van der Waals surface area contributed by atoms with Gasteiger partial charge in [-0.3, -0.25) is 4.79 Å². The highest BCUT2D eigenvalue weighted by molar-refractivity contribution is 7.13. The molecule has 2 aliphatic rings. The molecule has 116 valence electrons. The second-order valence-corrected chi connectivity index (χ2v) is 7.62. The maximum absolute atomic E-state index is 12.8. The Morgan fingerprint density at radius 1 is 1.43 bits per heavy atom. The molecule has 1 aliphatic heterocycles. The number of carbonyl (C=O) groups is 1. The lowest BCUT2D eigenvalue weighted by Gasteiger charge is -2.20. The maximum atomic E-state index is 12.8. The molecule has 5 heteroatoms. The zero-order chi connectivity index (χ0) is 15.0. The van der Waals surface area contributed by atoms with E-state index in [9.17, 15) is 4.79 Å². The van der Waals surface area contributed by atoms with Gasteiger partial charge in [0, 0.05) is 18.5 Å². The van der Waals surface area contributed by atoms with E-state index in [1.165, 1.54) is 30.7 Å². The Hall–Kier alpha value is -0.940. The van der Waals surface area contributed by atoms with Gasteiger partial charge < -0.3 is 10.6 Å². The molecular formula is C16H25N3OS. The van der Waals surface area contributed by atoms with Gasteiger partial charge in [-0.15, -0.1) is 11.3 Å². The molecule has 1 saturated heterocycles. The second kappa shape index (κ2) is 6.05. The number of aromatic nitrogens is 1. The number of aryl methyl sites for hydroxylation is 1. The van der Waals surface area contributed by atoms with Gasteiger partial charge >= 0.3 is 0 Å². The summed E-state index contributed by atoms with van der Waals surface area (Å²) in [5.41, 5.74) is 6.68. The molecule has 1 saturated carbocycles. The summed E-state index contributed by atoms with van der Waals surface area (Å²) in [6.07, 6.45) is 6.09. The van der Waals surface area contributed by atoms with Gasteiger partial charge in [0.15, 0.2) is 0 Å². The lowest BCUT2D eigenvalue weighted by molar-refractivity contribution is 0.0747. The highest BCUT2D eigenvalue weighted by atomic mass is 32.1. The number of carbonyl (C=O) groups excluding carboxylic acids is 1. The summed E-state index contributed by atoms with van der Waals surface area (Å²) in [6, 6.07) is 0.294. The van der Waals surface area contributed by atoms with Crippen molar-refractivity contribution in [2.75, 3.05) is 13.1 Å². The van der Waals surface area contributed by atoms with Crippen molar-refractivity contribution in [3.05, 3.63) is 15.6 Å². The number of nitrogens with two attached hydrogens (primary N) is 1. The first-order valence-corrected chi connectivity index (χ1v) is 8.90. The number of hydrogen-bond acceptors (Lipinski definition) is 4. The average Bonchev–Trinajstić information content (AvgIpc) is 3.16. The van der Waals surface area contributed by atoms with Crippen molar-refractivity contribution in [1.29, 1.82) is 0 Å². The van der Waals surface area contributed by atoms with Crippen molar-refractivity contribution in [3.8, 4) is 0 Å². The Labute approximate surface area is 130 Å². The number of amides is 1. The third-order valence-electron chi connectivity index (χ3n) is 4.97. The zero-order valence-electron chi connectivity index (χ0n) is 13.0. The summed E-state index contributed by atoms with van der Waals surface area (Å²) >= 11 is 1.63. The largest absolute Gasteiger partial charge is 0.335 e. The van der Waals surface area contributed by atoms with Crippen LogP contribution in [-0.4, -0.2) is 34.9 Å². The molecular weight excluding hydrogens is 282 g/mol. The van der Waals surface area contributed by atoms with Crippen molar-refractivity contribution in [1.82, 2.24) is 9.88 Å². The fourth-order valence-corrected chi connectivity index (χ4v) is 4.88. The molecule has 2 fully saturated rings. The van der Waals surface area contributed by atoms with Crippen LogP contribution in [0, 0.1) is 12.8 Å². The van der Waals surface area contributed by atoms with E-state index >= 15 is 0 Å². The van der Waals surface area contributed by atoms with Crippen LogP contribution in [-0.2, 0) is 0 Å². The first-order valence-electron chi connectivity index (χ1n) is 8.08. The first kappa shape index (κ1) is 15.0. The Morgan fingerprint density at radius 2 is 2.14 bits per heavy atom. The number of likely N-dealkylation sites (tertiary alicyclic amines) is 1. The van der Waals surface area contributed by atoms with E-state index in [1.54, 1.807) is 11.3 Å². The Bertz CT molecular complexity index is 522. The smallest absolute Gasteiger partial charge is 0.266 e. The van der Waals surface area contributed by atoms with Crippen LogP contribution in [0.25, 0.3) is 0 Å². The molecule has 0 spiro atoms. The summed E-state index contributed by atoms with van der Waals surface area (Å²) in [4.78, 5) is 20.4. The molecule has 21 heavy (non-hydrogen) atoms. The fourth-order valence-electron chi connectivity index (χ4n) is 3.69. The van der Waals surface area contributed by atoms with Crippen molar-refractivity contribution in [2.45, 2.75) is 57.9 Å². The van der Waals surface area contributed by atoms with Gasteiger partial charge in [0.2, 0.25) is 0 Å². The number of thiazole rings is 1. The third kappa shape index (κ3) is 2.86. The van der Waals surface area contributed by atoms with E-state index < -0.39 is 0 Å². The van der Waals surface area contributed by atoms with Crippen molar-refractivity contribution >= 4 is 17.2 Å². The lowest BCUT2D eigenvalue weighted by Crippen LogP contribution is -2.34. The van der Waals surface area contributed by atoms with Crippen LogP contribution in [0.2, 0.25) is 0 Å². The molecule has 1 aliphatic carbocycles. The number of rotatable bonds is 3. The molecule has 1 aromatic rings. The minimum absolute atomic E-state index is 0.165. The SMILES string of the molecule is Cc1nc(C2CCCC2)sc1C(=O)N1CC(CN)CC1C. The normalized spacial score (nSPS) is 26.7. The Kier molecular flexibility index (Phi) is 4.31. The number of nitrogens with zero attached hydrogens (tertiary/aromatic N) is 2.